The number of carbonyl (C=O) groups excluding carboxylic acids is 1. The van der Waals surface area contributed by atoms with Crippen LogP contribution in [0.2, 0.25) is 0 Å². The summed E-state index contributed by atoms with van der Waals surface area (Å²) in [5.74, 6) is -0.458. The molecule has 202 valence electrons. The molecule has 0 spiro atoms. The number of benzene rings is 3. The summed E-state index contributed by atoms with van der Waals surface area (Å²) in [6, 6.07) is 24.0. The zero-order valence-corrected chi connectivity index (χ0v) is 22.4. The van der Waals surface area contributed by atoms with Gasteiger partial charge < -0.3 is 9.64 Å². The predicted octanol–water partition coefficient (Wildman–Crippen LogP) is 5.95. The maximum Gasteiger partial charge on any atom is 0.333 e. The molecule has 39 heavy (non-hydrogen) atoms. The van der Waals surface area contributed by atoms with E-state index in [0.29, 0.717) is 6.61 Å². The first-order valence-corrected chi connectivity index (χ1v) is 13.6. The number of anilines is 1. The van der Waals surface area contributed by atoms with Crippen molar-refractivity contribution in [3.8, 4) is 5.69 Å². The van der Waals surface area contributed by atoms with Crippen LogP contribution >= 0.6 is 0 Å². The fourth-order valence-electron chi connectivity index (χ4n) is 5.59. The number of imidazole rings is 1. The van der Waals surface area contributed by atoms with Crippen LogP contribution in [0.4, 0.5) is 10.1 Å². The molecule has 0 aliphatic carbocycles. The normalized spacial score (nSPS) is 15.6. The number of halogens is 1. The third kappa shape index (κ3) is 5.67. The van der Waals surface area contributed by atoms with E-state index in [0.717, 1.165) is 48.4 Å². The molecule has 6 nitrogen and oxygen atoms in total. The van der Waals surface area contributed by atoms with Crippen LogP contribution in [0.5, 0.6) is 0 Å². The van der Waals surface area contributed by atoms with Gasteiger partial charge in [0.15, 0.2) is 0 Å². The van der Waals surface area contributed by atoms with Gasteiger partial charge in [0.25, 0.3) is 0 Å². The Labute approximate surface area is 228 Å². The van der Waals surface area contributed by atoms with Gasteiger partial charge in [-0.25, -0.2) is 9.18 Å². The molecule has 0 radical (unpaired) electrons. The van der Waals surface area contributed by atoms with E-state index in [2.05, 4.69) is 4.90 Å². The van der Waals surface area contributed by atoms with Gasteiger partial charge in [-0.05, 0) is 80.1 Å². The Morgan fingerprint density at radius 2 is 1.54 bits per heavy atom. The van der Waals surface area contributed by atoms with Gasteiger partial charge in [-0.3, -0.25) is 13.9 Å². The molecule has 7 heteroatoms. The number of esters is 1. The van der Waals surface area contributed by atoms with Crippen molar-refractivity contribution in [2.75, 3.05) is 24.6 Å². The summed E-state index contributed by atoms with van der Waals surface area (Å²) in [5.41, 5.74) is 3.62. The molecular weight excluding hydrogens is 493 g/mol. The summed E-state index contributed by atoms with van der Waals surface area (Å²) in [6.45, 7) is 5.85. The number of hydrogen-bond donors (Lipinski definition) is 0. The van der Waals surface area contributed by atoms with E-state index >= 15 is 0 Å². The monoisotopic (exact) mass is 527 g/mol. The second-order valence-corrected chi connectivity index (χ2v) is 10.1. The van der Waals surface area contributed by atoms with Crippen LogP contribution in [0.25, 0.3) is 5.69 Å². The smallest absolute Gasteiger partial charge is 0.333 e. The molecule has 0 bridgehead atoms. The Balaban J connectivity index is 1.27. The molecule has 1 aliphatic heterocycles. The van der Waals surface area contributed by atoms with E-state index in [-0.39, 0.29) is 35.4 Å². The molecule has 1 unspecified atom stereocenters. The van der Waals surface area contributed by atoms with Crippen LogP contribution in [0.1, 0.15) is 49.8 Å². The largest absolute Gasteiger partial charge is 0.466 e. The van der Waals surface area contributed by atoms with Gasteiger partial charge in [0.05, 0.1) is 24.3 Å². The molecule has 4 aromatic rings. The molecule has 0 amide bonds. The Morgan fingerprint density at radius 3 is 2.18 bits per heavy atom. The maximum atomic E-state index is 13.3. The molecule has 1 aromatic heterocycles. The zero-order valence-electron chi connectivity index (χ0n) is 22.4. The fourth-order valence-corrected chi connectivity index (χ4v) is 5.59. The number of rotatable bonds is 8. The Morgan fingerprint density at radius 1 is 0.897 bits per heavy atom. The minimum atomic E-state index is -0.296. The Bertz CT molecular complexity index is 1440. The molecule has 1 saturated heterocycles. The van der Waals surface area contributed by atoms with Gasteiger partial charge in [0, 0.05) is 31.2 Å². The van der Waals surface area contributed by atoms with E-state index in [1.54, 1.807) is 33.7 Å². The van der Waals surface area contributed by atoms with E-state index in [9.17, 15) is 14.0 Å². The molecule has 2 atom stereocenters. The minimum Gasteiger partial charge on any atom is -0.466 e. The molecule has 3 aromatic carbocycles. The van der Waals surface area contributed by atoms with E-state index < -0.39 is 0 Å². The van der Waals surface area contributed by atoms with Gasteiger partial charge in [0.1, 0.15) is 5.82 Å². The highest BCUT2D eigenvalue weighted by Gasteiger charge is 2.33. The summed E-state index contributed by atoms with van der Waals surface area (Å²) in [6.07, 6.45) is 5.32. The lowest BCUT2D eigenvalue weighted by atomic mass is 9.80. The molecule has 2 heterocycles. The molecule has 1 aliphatic rings. The lowest BCUT2D eigenvalue weighted by molar-refractivity contribution is -0.146. The van der Waals surface area contributed by atoms with Crippen LogP contribution in [-0.4, -0.2) is 34.8 Å². The van der Waals surface area contributed by atoms with Crippen LogP contribution in [-0.2, 0) is 9.53 Å². The quantitative estimate of drug-likeness (QED) is 0.266. The number of piperidine rings is 1. The first-order valence-electron chi connectivity index (χ1n) is 13.6. The second-order valence-electron chi connectivity index (χ2n) is 10.1. The second kappa shape index (κ2) is 11.7. The summed E-state index contributed by atoms with van der Waals surface area (Å²) in [4.78, 5) is 28.3. The third-order valence-electron chi connectivity index (χ3n) is 7.78. The third-order valence-corrected chi connectivity index (χ3v) is 7.78. The van der Waals surface area contributed by atoms with Crippen molar-refractivity contribution in [2.24, 2.45) is 5.92 Å². The van der Waals surface area contributed by atoms with E-state index in [4.69, 9.17) is 4.74 Å². The first kappa shape index (κ1) is 26.5. The lowest BCUT2D eigenvalue weighted by Crippen LogP contribution is -2.37. The topological polar surface area (TPSA) is 56.5 Å². The highest BCUT2D eigenvalue weighted by molar-refractivity contribution is 5.78. The average molecular weight is 528 g/mol. The minimum absolute atomic E-state index is 0.141. The Hall–Kier alpha value is -4.13. The van der Waals surface area contributed by atoms with Crippen LogP contribution in [0.3, 0.4) is 0 Å². The van der Waals surface area contributed by atoms with Crippen molar-refractivity contribution < 1.29 is 13.9 Å². The maximum absolute atomic E-state index is 13.3. The van der Waals surface area contributed by atoms with Crippen molar-refractivity contribution >= 4 is 11.7 Å². The van der Waals surface area contributed by atoms with Crippen LogP contribution in [0, 0.1) is 11.7 Å². The number of carbonyl (C=O) groups is 1. The van der Waals surface area contributed by atoms with Gasteiger partial charge in [-0.1, -0.05) is 42.5 Å². The SMILES string of the molecule is CCOC(=O)C(c1ccccc1)C1CCN(c2ccc(-n3ccn([C@H](C)c4ccc(F)cc4)c3=O)cc2)CC1. The number of aromatic nitrogens is 2. The number of hydrogen-bond acceptors (Lipinski definition) is 4. The van der Waals surface area contributed by atoms with Crippen molar-refractivity contribution in [3.63, 3.8) is 0 Å². The number of ether oxygens (including phenoxy) is 1. The fraction of sp³-hybridized carbons (Fsp3) is 0.312. The summed E-state index contributed by atoms with van der Waals surface area (Å²) in [5, 5.41) is 0. The van der Waals surface area contributed by atoms with E-state index in [1.165, 1.54) is 12.1 Å². The molecule has 0 N–H and O–H groups in total. The summed E-state index contributed by atoms with van der Waals surface area (Å²) in [7, 11) is 0. The van der Waals surface area contributed by atoms with E-state index in [1.807, 2.05) is 68.4 Å². The summed E-state index contributed by atoms with van der Waals surface area (Å²) >= 11 is 0. The zero-order chi connectivity index (χ0) is 27.4. The van der Waals surface area contributed by atoms with Gasteiger partial charge >= 0.3 is 11.7 Å². The van der Waals surface area contributed by atoms with Crippen LogP contribution < -0.4 is 10.6 Å². The molecule has 0 saturated carbocycles. The van der Waals surface area contributed by atoms with Crippen molar-refractivity contribution in [1.29, 1.82) is 0 Å². The van der Waals surface area contributed by atoms with Gasteiger partial charge in [0.2, 0.25) is 0 Å². The highest BCUT2D eigenvalue weighted by atomic mass is 19.1. The predicted molar refractivity (Wildman–Crippen MR) is 151 cm³/mol. The van der Waals surface area contributed by atoms with Gasteiger partial charge in [-0.15, -0.1) is 0 Å². The lowest BCUT2D eigenvalue weighted by Gasteiger charge is -2.36. The number of nitrogens with zero attached hydrogens (tertiary/aromatic N) is 3. The average Bonchev–Trinajstić information content (AvgIpc) is 3.35. The highest BCUT2D eigenvalue weighted by Crippen LogP contribution is 2.35. The Kier molecular flexibility index (Phi) is 7.96. The standard InChI is InChI=1S/C32H34FN3O3/c1-3-39-31(37)30(25-7-5-4-6-8-25)26-17-19-34(20-18-26)28-13-15-29(16-14-28)36-22-21-35(32(36)38)23(2)24-9-11-27(33)12-10-24/h4-16,21-23,26,30H,3,17-20H2,1-2H3/t23-,30?/m1/s1. The molecular formula is C32H34FN3O3. The van der Waals surface area contributed by atoms with Crippen molar-refractivity contribution in [1.82, 2.24) is 9.13 Å². The summed E-state index contributed by atoms with van der Waals surface area (Å²) < 4.78 is 22.0. The van der Waals surface area contributed by atoms with Gasteiger partial charge in [-0.2, -0.15) is 0 Å². The first-order chi connectivity index (χ1) is 19.0. The molecule has 5 rings (SSSR count). The van der Waals surface area contributed by atoms with Crippen molar-refractivity contribution in [2.45, 2.75) is 38.6 Å². The van der Waals surface area contributed by atoms with Crippen LogP contribution in [0.15, 0.2) is 96.1 Å². The molecule has 1 fully saturated rings. The van der Waals surface area contributed by atoms with Crippen molar-refractivity contribution in [3.05, 3.63) is 119 Å².